The van der Waals surface area contributed by atoms with Crippen LogP contribution in [0.4, 0.5) is 0 Å². The third-order valence-electron chi connectivity index (χ3n) is 3.25. The number of likely N-dealkylation sites (N-methyl/N-ethyl adjacent to an activating group) is 1. The molecule has 4 nitrogen and oxygen atoms in total. The first-order chi connectivity index (χ1) is 8.27. The van der Waals surface area contributed by atoms with Crippen LogP contribution in [0.2, 0.25) is 0 Å². The van der Waals surface area contributed by atoms with E-state index in [4.69, 9.17) is 4.74 Å². The molecule has 0 aromatic heterocycles. The van der Waals surface area contributed by atoms with Crippen molar-refractivity contribution >= 4 is 18.3 Å². The minimum absolute atomic E-state index is 0. The first-order valence-corrected chi connectivity index (χ1v) is 6.85. The summed E-state index contributed by atoms with van der Waals surface area (Å²) in [5.41, 5.74) is 0. The molecule has 108 valence electrons. The Balaban J connectivity index is 0.00000289. The van der Waals surface area contributed by atoms with Gasteiger partial charge in [0.05, 0.1) is 6.10 Å². The second-order valence-electron chi connectivity index (χ2n) is 4.69. The summed E-state index contributed by atoms with van der Waals surface area (Å²) < 4.78 is 5.90. The van der Waals surface area contributed by atoms with Crippen LogP contribution in [0.1, 0.15) is 45.4 Å². The maximum Gasteiger partial charge on any atom is 0.249 e. The topological polar surface area (TPSA) is 50.4 Å². The molecule has 0 bridgehead atoms. The van der Waals surface area contributed by atoms with E-state index in [1.54, 1.807) is 0 Å². The van der Waals surface area contributed by atoms with Crippen LogP contribution in [-0.2, 0) is 9.53 Å². The van der Waals surface area contributed by atoms with Crippen molar-refractivity contribution in [3.8, 4) is 0 Å². The van der Waals surface area contributed by atoms with E-state index >= 15 is 0 Å². The van der Waals surface area contributed by atoms with Gasteiger partial charge >= 0.3 is 0 Å². The average molecular weight is 279 g/mol. The van der Waals surface area contributed by atoms with E-state index in [9.17, 15) is 4.79 Å². The van der Waals surface area contributed by atoms with Crippen molar-refractivity contribution in [3.05, 3.63) is 0 Å². The Hall–Kier alpha value is -0.320. The van der Waals surface area contributed by atoms with E-state index in [2.05, 4.69) is 10.6 Å². The van der Waals surface area contributed by atoms with Crippen molar-refractivity contribution in [3.63, 3.8) is 0 Å². The first kappa shape index (κ1) is 17.7. The van der Waals surface area contributed by atoms with Gasteiger partial charge in [0, 0.05) is 13.1 Å². The molecule has 0 aromatic rings. The molecule has 0 radical (unpaired) electrons. The first-order valence-electron chi connectivity index (χ1n) is 6.85. The molecule has 0 spiro atoms. The maximum absolute atomic E-state index is 11.9. The SMILES string of the molecule is CCC(OC1CCCCC1)C(=O)NCCNC.Cl. The number of hydrogen-bond donors (Lipinski definition) is 2. The number of rotatable bonds is 7. The number of hydrogen-bond acceptors (Lipinski definition) is 3. The Bertz CT molecular complexity index is 221. The molecule has 18 heavy (non-hydrogen) atoms. The number of nitrogens with one attached hydrogen (secondary N) is 2. The van der Waals surface area contributed by atoms with Crippen molar-refractivity contribution in [1.82, 2.24) is 10.6 Å². The highest BCUT2D eigenvalue weighted by Crippen LogP contribution is 2.22. The van der Waals surface area contributed by atoms with Crippen LogP contribution in [0, 0.1) is 0 Å². The van der Waals surface area contributed by atoms with Crippen molar-refractivity contribution in [2.45, 2.75) is 57.7 Å². The highest BCUT2D eigenvalue weighted by atomic mass is 35.5. The normalized spacial score (nSPS) is 17.9. The number of carbonyl (C=O) groups excluding carboxylic acids is 1. The molecule has 1 aliphatic rings. The molecule has 1 fully saturated rings. The van der Waals surface area contributed by atoms with Crippen LogP contribution in [0.5, 0.6) is 0 Å². The van der Waals surface area contributed by atoms with E-state index in [0.717, 1.165) is 25.8 Å². The van der Waals surface area contributed by atoms with Crippen LogP contribution >= 0.6 is 12.4 Å². The Morgan fingerprint density at radius 1 is 1.28 bits per heavy atom. The van der Waals surface area contributed by atoms with Gasteiger partial charge in [-0.15, -0.1) is 12.4 Å². The molecule has 0 saturated heterocycles. The molecule has 0 heterocycles. The monoisotopic (exact) mass is 278 g/mol. The number of carbonyl (C=O) groups is 1. The van der Waals surface area contributed by atoms with Gasteiger partial charge in [-0.25, -0.2) is 0 Å². The predicted molar refractivity (Wildman–Crippen MR) is 76.2 cm³/mol. The summed E-state index contributed by atoms with van der Waals surface area (Å²) in [5.74, 6) is 0.0355. The van der Waals surface area contributed by atoms with E-state index < -0.39 is 0 Å². The van der Waals surface area contributed by atoms with Crippen LogP contribution in [0.25, 0.3) is 0 Å². The van der Waals surface area contributed by atoms with Gasteiger partial charge in [0.2, 0.25) is 5.91 Å². The van der Waals surface area contributed by atoms with Crippen molar-refractivity contribution in [1.29, 1.82) is 0 Å². The lowest BCUT2D eigenvalue weighted by atomic mass is 9.97. The van der Waals surface area contributed by atoms with Gasteiger partial charge in [0.1, 0.15) is 6.10 Å². The van der Waals surface area contributed by atoms with E-state index in [-0.39, 0.29) is 24.4 Å². The molecule has 1 saturated carbocycles. The maximum atomic E-state index is 11.9. The number of halogens is 1. The summed E-state index contributed by atoms with van der Waals surface area (Å²) in [6.45, 7) is 3.47. The van der Waals surface area contributed by atoms with Crippen LogP contribution < -0.4 is 10.6 Å². The Kier molecular flexibility index (Phi) is 10.4. The molecule has 1 atom stereocenters. The van der Waals surface area contributed by atoms with Gasteiger partial charge in [0.15, 0.2) is 0 Å². The van der Waals surface area contributed by atoms with Gasteiger partial charge in [-0.2, -0.15) is 0 Å². The summed E-state index contributed by atoms with van der Waals surface area (Å²) in [7, 11) is 1.88. The van der Waals surface area contributed by atoms with Gasteiger partial charge in [-0.05, 0) is 26.3 Å². The number of amides is 1. The zero-order valence-electron chi connectivity index (χ0n) is 11.5. The fraction of sp³-hybridized carbons (Fsp3) is 0.923. The lowest BCUT2D eigenvalue weighted by Crippen LogP contribution is -2.41. The third-order valence-corrected chi connectivity index (χ3v) is 3.25. The van der Waals surface area contributed by atoms with E-state index in [1.165, 1.54) is 19.3 Å². The summed E-state index contributed by atoms with van der Waals surface area (Å²) >= 11 is 0. The second-order valence-corrected chi connectivity index (χ2v) is 4.69. The van der Waals surface area contributed by atoms with Crippen LogP contribution in [0.3, 0.4) is 0 Å². The quantitative estimate of drug-likeness (QED) is 0.699. The molecule has 1 amide bonds. The number of ether oxygens (including phenoxy) is 1. The van der Waals surface area contributed by atoms with Crippen LogP contribution in [0.15, 0.2) is 0 Å². The van der Waals surface area contributed by atoms with Gasteiger partial charge in [-0.3, -0.25) is 4.79 Å². The smallest absolute Gasteiger partial charge is 0.249 e. The molecule has 1 unspecified atom stereocenters. The molecule has 0 aromatic carbocycles. The molecule has 5 heteroatoms. The molecule has 1 rings (SSSR count). The van der Waals surface area contributed by atoms with Crippen molar-refractivity contribution in [2.75, 3.05) is 20.1 Å². The lowest BCUT2D eigenvalue weighted by molar-refractivity contribution is -0.138. The highest BCUT2D eigenvalue weighted by Gasteiger charge is 2.22. The van der Waals surface area contributed by atoms with Gasteiger partial charge < -0.3 is 15.4 Å². The Labute approximate surface area is 117 Å². The minimum atomic E-state index is -0.269. The van der Waals surface area contributed by atoms with E-state index in [1.807, 2.05) is 14.0 Å². The molecule has 2 N–H and O–H groups in total. The summed E-state index contributed by atoms with van der Waals surface area (Å²) in [5, 5.41) is 5.90. The van der Waals surface area contributed by atoms with Crippen molar-refractivity contribution < 1.29 is 9.53 Å². The third kappa shape index (κ3) is 6.57. The summed E-state index contributed by atoms with van der Waals surface area (Å²) in [6.07, 6.45) is 6.79. The average Bonchev–Trinajstić information content (AvgIpc) is 2.37. The van der Waals surface area contributed by atoms with Crippen LogP contribution in [-0.4, -0.2) is 38.3 Å². The van der Waals surface area contributed by atoms with Gasteiger partial charge in [0.25, 0.3) is 0 Å². The Morgan fingerprint density at radius 3 is 2.50 bits per heavy atom. The Morgan fingerprint density at radius 2 is 1.94 bits per heavy atom. The fourth-order valence-electron chi connectivity index (χ4n) is 2.20. The summed E-state index contributed by atoms with van der Waals surface area (Å²) in [4.78, 5) is 11.9. The largest absolute Gasteiger partial charge is 0.365 e. The minimum Gasteiger partial charge on any atom is -0.365 e. The zero-order chi connectivity index (χ0) is 12.5. The summed E-state index contributed by atoms with van der Waals surface area (Å²) in [6, 6.07) is 0. The molecular weight excluding hydrogens is 252 g/mol. The van der Waals surface area contributed by atoms with Crippen molar-refractivity contribution in [2.24, 2.45) is 0 Å². The van der Waals surface area contributed by atoms with Gasteiger partial charge in [-0.1, -0.05) is 26.2 Å². The molecule has 1 aliphatic carbocycles. The highest BCUT2D eigenvalue weighted by molar-refractivity contribution is 5.85. The predicted octanol–water partition coefficient (Wildman–Crippen LogP) is 1.87. The van der Waals surface area contributed by atoms with E-state index in [0.29, 0.717) is 12.6 Å². The fourth-order valence-corrected chi connectivity index (χ4v) is 2.20. The zero-order valence-corrected chi connectivity index (χ0v) is 12.4. The lowest BCUT2D eigenvalue weighted by Gasteiger charge is -2.26. The standard InChI is InChI=1S/C13H26N2O2.ClH/c1-3-12(13(16)15-10-9-14-2)17-11-7-5-4-6-8-11;/h11-12,14H,3-10H2,1-2H3,(H,15,16);1H. The molecule has 0 aliphatic heterocycles. The second kappa shape index (κ2) is 10.6. The molecular formula is C13H27ClN2O2.